The zero-order valence-electron chi connectivity index (χ0n) is 10.0. The van der Waals surface area contributed by atoms with E-state index in [0.717, 1.165) is 6.42 Å². The molecule has 4 heteroatoms. The van der Waals surface area contributed by atoms with Gasteiger partial charge < -0.3 is 5.11 Å². The summed E-state index contributed by atoms with van der Waals surface area (Å²) in [4.78, 5) is 0.408. The number of hydrogen-bond acceptors (Lipinski definition) is 3. The Morgan fingerprint density at radius 3 is 2.56 bits per heavy atom. The standard InChI is InChI=1S/C14H16O3S/c1-11-6-5-7-12(15)10-14(11)18(16,17)13-8-3-2-4-9-13/h2-4,8-10,12,15H,1,5-7H2/t12-/m0/s1. The number of allylic oxidation sites excluding steroid dienone is 1. The molecule has 0 aromatic heterocycles. The van der Waals surface area contributed by atoms with E-state index in [0.29, 0.717) is 18.4 Å². The van der Waals surface area contributed by atoms with Crippen molar-refractivity contribution in [3.8, 4) is 0 Å². The highest BCUT2D eigenvalue weighted by molar-refractivity contribution is 7.95. The summed E-state index contributed by atoms with van der Waals surface area (Å²) >= 11 is 0. The van der Waals surface area contributed by atoms with Crippen LogP contribution in [0.25, 0.3) is 0 Å². The molecular formula is C14H16O3S. The highest BCUT2D eigenvalue weighted by atomic mass is 32.2. The monoisotopic (exact) mass is 264 g/mol. The van der Waals surface area contributed by atoms with Crippen molar-refractivity contribution >= 4 is 9.84 Å². The molecule has 2 rings (SSSR count). The first-order chi connectivity index (χ1) is 8.51. The normalized spacial score (nSPS) is 21.3. The van der Waals surface area contributed by atoms with Gasteiger partial charge >= 0.3 is 0 Å². The fraction of sp³-hybridized carbons (Fsp3) is 0.286. The van der Waals surface area contributed by atoms with Crippen LogP contribution in [0.15, 0.2) is 58.4 Å². The maximum atomic E-state index is 12.5. The van der Waals surface area contributed by atoms with Gasteiger partial charge in [-0.05, 0) is 43.0 Å². The lowest BCUT2D eigenvalue weighted by atomic mass is 10.1. The predicted molar refractivity (Wildman–Crippen MR) is 70.7 cm³/mol. The van der Waals surface area contributed by atoms with Crippen LogP contribution in [-0.2, 0) is 9.84 Å². The van der Waals surface area contributed by atoms with E-state index in [1.165, 1.54) is 6.08 Å². The van der Waals surface area contributed by atoms with Gasteiger partial charge in [-0.3, -0.25) is 0 Å². The molecule has 0 bridgehead atoms. The van der Waals surface area contributed by atoms with E-state index < -0.39 is 15.9 Å². The summed E-state index contributed by atoms with van der Waals surface area (Å²) in [5.41, 5.74) is 0.579. The highest BCUT2D eigenvalue weighted by Crippen LogP contribution is 2.30. The molecule has 3 nitrogen and oxygen atoms in total. The largest absolute Gasteiger partial charge is 0.389 e. The van der Waals surface area contributed by atoms with E-state index in [1.54, 1.807) is 30.3 Å². The second-order valence-corrected chi connectivity index (χ2v) is 6.33. The third-order valence-electron chi connectivity index (χ3n) is 3.01. The molecule has 1 atom stereocenters. The van der Waals surface area contributed by atoms with Crippen molar-refractivity contribution in [1.29, 1.82) is 0 Å². The van der Waals surface area contributed by atoms with Crippen LogP contribution in [0.1, 0.15) is 19.3 Å². The second kappa shape index (κ2) is 5.08. The Morgan fingerprint density at radius 1 is 1.22 bits per heavy atom. The minimum atomic E-state index is -3.57. The first-order valence-corrected chi connectivity index (χ1v) is 7.38. The van der Waals surface area contributed by atoms with Gasteiger partial charge in [-0.15, -0.1) is 0 Å². The molecule has 0 fully saturated rings. The molecule has 0 saturated carbocycles. The van der Waals surface area contributed by atoms with Gasteiger partial charge in [-0.25, -0.2) is 8.42 Å². The smallest absolute Gasteiger partial charge is 0.206 e. The molecule has 1 aliphatic carbocycles. The van der Waals surface area contributed by atoms with Crippen LogP contribution in [0.3, 0.4) is 0 Å². The number of aliphatic hydroxyl groups excluding tert-OH is 1. The van der Waals surface area contributed by atoms with Crippen LogP contribution < -0.4 is 0 Å². The molecule has 0 heterocycles. The van der Waals surface area contributed by atoms with Crippen LogP contribution in [-0.4, -0.2) is 19.6 Å². The molecule has 96 valence electrons. The van der Waals surface area contributed by atoms with Gasteiger partial charge in [0.2, 0.25) is 9.84 Å². The Morgan fingerprint density at radius 2 is 1.89 bits per heavy atom. The molecular weight excluding hydrogens is 248 g/mol. The Balaban J connectivity index is 2.49. The van der Waals surface area contributed by atoms with Crippen LogP contribution >= 0.6 is 0 Å². The minimum absolute atomic E-state index is 0.165. The summed E-state index contributed by atoms with van der Waals surface area (Å²) in [6, 6.07) is 8.25. The van der Waals surface area contributed by atoms with Gasteiger partial charge in [0.05, 0.1) is 15.9 Å². The number of rotatable bonds is 2. The Labute approximate surface area is 107 Å². The fourth-order valence-electron chi connectivity index (χ4n) is 2.03. The third kappa shape index (κ3) is 2.54. The van der Waals surface area contributed by atoms with Crippen molar-refractivity contribution in [3.05, 3.63) is 53.5 Å². The first kappa shape index (κ1) is 13.1. The van der Waals surface area contributed by atoms with Crippen molar-refractivity contribution in [1.82, 2.24) is 0 Å². The summed E-state index contributed by atoms with van der Waals surface area (Å²) in [5, 5.41) is 9.71. The van der Waals surface area contributed by atoms with Crippen molar-refractivity contribution in [2.45, 2.75) is 30.3 Å². The summed E-state index contributed by atoms with van der Waals surface area (Å²) < 4.78 is 24.9. The fourth-order valence-corrected chi connectivity index (χ4v) is 3.62. The number of sulfone groups is 1. The summed E-state index contributed by atoms with van der Waals surface area (Å²) in [5.74, 6) is 0. The third-order valence-corrected chi connectivity index (χ3v) is 4.91. The van der Waals surface area contributed by atoms with Crippen LogP contribution in [0, 0.1) is 0 Å². The zero-order valence-corrected chi connectivity index (χ0v) is 10.9. The maximum Gasteiger partial charge on any atom is 0.206 e. The molecule has 1 aromatic carbocycles. The summed E-state index contributed by atoms with van der Waals surface area (Å²) in [7, 11) is -3.57. The molecule has 18 heavy (non-hydrogen) atoms. The SMILES string of the molecule is C=C1CCC[C@H](O)C=C1S(=O)(=O)c1ccccc1. The average Bonchev–Trinajstić information content (AvgIpc) is 2.53. The highest BCUT2D eigenvalue weighted by Gasteiger charge is 2.25. The number of hydrogen-bond donors (Lipinski definition) is 1. The van der Waals surface area contributed by atoms with E-state index in [-0.39, 0.29) is 9.80 Å². The van der Waals surface area contributed by atoms with Crippen LogP contribution in [0.2, 0.25) is 0 Å². The van der Waals surface area contributed by atoms with Crippen molar-refractivity contribution in [3.63, 3.8) is 0 Å². The number of benzene rings is 1. The van der Waals surface area contributed by atoms with Crippen molar-refractivity contribution in [2.24, 2.45) is 0 Å². The minimum Gasteiger partial charge on any atom is -0.389 e. The van der Waals surface area contributed by atoms with E-state index in [4.69, 9.17) is 0 Å². The van der Waals surface area contributed by atoms with Crippen LogP contribution in [0.5, 0.6) is 0 Å². The van der Waals surface area contributed by atoms with Gasteiger partial charge in [0, 0.05) is 0 Å². The average molecular weight is 264 g/mol. The molecule has 0 unspecified atom stereocenters. The molecule has 0 amide bonds. The number of aliphatic hydroxyl groups is 1. The molecule has 0 radical (unpaired) electrons. The molecule has 0 spiro atoms. The second-order valence-electron chi connectivity index (χ2n) is 4.41. The summed E-state index contributed by atoms with van der Waals surface area (Å²) in [6.45, 7) is 3.82. The van der Waals surface area contributed by atoms with Crippen LogP contribution in [0.4, 0.5) is 0 Å². The van der Waals surface area contributed by atoms with E-state index in [2.05, 4.69) is 6.58 Å². The maximum absolute atomic E-state index is 12.5. The molecule has 1 aromatic rings. The topological polar surface area (TPSA) is 54.4 Å². The predicted octanol–water partition coefficient (Wildman–Crippen LogP) is 2.45. The Bertz CT molecular complexity index is 570. The van der Waals surface area contributed by atoms with Gasteiger partial charge in [0.1, 0.15) is 0 Å². The molecule has 1 aliphatic rings. The van der Waals surface area contributed by atoms with Crippen molar-refractivity contribution < 1.29 is 13.5 Å². The van der Waals surface area contributed by atoms with Crippen molar-refractivity contribution in [2.75, 3.05) is 0 Å². The van der Waals surface area contributed by atoms with Gasteiger partial charge in [-0.1, -0.05) is 24.8 Å². The quantitative estimate of drug-likeness (QED) is 0.892. The Hall–Kier alpha value is -1.39. The molecule has 0 aliphatic heterocycles. The first-order valence-electron chi connectivity index (χ1n) is 5.90. The van der Waals surface area contributed by atoms with Gasteiger partial charge in [0.15, 0.2) is 0 Å². The molecule has 1 N–H and O–H groups in total. The lowest BCUT2D eigenvalue weighted by molar-refractivity contribution is 0.211. The van der Waals surface area contributed by atoms with E-state index in [9.17, 15) is 13.5 Å². The lowest BCUT2D eigenvalue weighted by Gasteiger charge is -2.10. The Kier molecular flexibility index (Phi) is 3.68. The van der Waals surface area contributed by atoms with E-state index >= 15 is 0 Å². The van der Waals surface area contributed by atoms with E-state index in [1.807, 2.05) is 0 Å². The van der Waals surface area contributed by atoms with Gasteiger partial charge in [0.25, 0.3) is 0 Å². The summed E-state index contributed by atoms with van der Waals surface area (Å²) in [6.07, 6.45) is 2.64. The zero-order chi connectivity index (χ0) is 13.2. The lowest BCUT2D eigenvalue weighted by Crippen LogP contribution is -2.09. The van der Waals surface area contributed by atoms with Gasteiger partial charge in [-0.2, -0.15) is 0 Å². The molecule has 0 saturated heterocycles.